The molecule has 0 spiro atoms. The summed E-state index contributed by atoms with van der Waals surface area (Å²) in [6, 6.07) is 4.99. The zero-order valence-corrected chi connectivity index (χ0v) is 11.8. The fourth-order valence-electron chi connectivity index (χ4n) is 2.73. The molecule has 0 bridgehead atoms. The number of aliphatic hydroxyl groups is 1. The first kappa shape index (κ1) is 13.2. The first-order chi connectivity index (χ1) is 8.54. The van der Waals surface area contributed by atoms with Gasteiger partial charge in [-0.1, -0.05) is 11.6 Å². The second kappa shape index (κ2) is 5.15. The van der Waals surface area contributed by atoms with Crippen molar-refractivity contribution in [1.82, 2.24) is 4.57 Å². The van der Waals surface area contributed by atoms with Crippen molar-refractivity contribution in [2.24, 2.45) is 0 Å². The van der Waals surface area contributed by atoms with E-state index in [0.717, 1.165) is 12.8 Å². The highest BCUT2D eigenvalue weighted by Gasteiger charge is 2.12. The van der Waals surface area contributed by atoms with Gasteiger partial charge >= 0.3 is 0 Å². The minimum atomic E-state index is 0.263. The smallest absolute Gasteiger partial charge is 0.0515 e. The monoisotopic (exact) mass is 245 g/mol. The van der Waals surface area contributed by atoms with Gasteiger partial charge < -0.3 is 9.67 Å². The van der Waals surface area contributed by atoms with Gasteiger partial charge in [0.25, 0.3) is 0 Å². The van der Waals surface area contributed by atoms with Gasteiger partial charge in [-0.3, -0.25) is 0 Å². The number of aromatic nitrogens is 1. The van der Waals surface area contributed by atoms with E-state index in [-0.39, 0.29) is 6.61 Å². The maximum Gasteiger partial charge on any atom is 0.0515 e. The molecule has 0 aliphatic rings. The number of benzene rings is 1. The number of hydrogen-bond acceptors (Lipinski definition) is 1. The number of aryl methyl sites for hydroxylation is 3. The van der Waals surface area contributed by atoms with E-state index >= 15 is 0 Å². The maximum atomic E-state index is 9.02. The molecule has 0 aliphatic heterocycles. The highest BCUT2D eigenvalue weighted by Crippen LogP contribution is 2.29. The standard InChI is InChI=1S/C16H23NO/c1-11(2)17-10-14(6-5-7-18)15-9-12(3)8-13(4)16(15)17/h8-11,18H,5-7H2,1-4H3. The van der Waals surface area contributed by atoms with Crippen LogP contribution in [-0.2, 0) is 6.42 Å². The zero-order chi connectivity index (χ0) is 13.3. The van der Waals surface area contributed by atoms with E-state index in [0.29, 0.717) is 6.04 Å². The Kier molecular flexibility index (Phi) is 3.76. The molecule has 2 aromatic rings. The van der Waals surface area contributed by atoms with Crippen LogP contribution in [0, 0.1) is 13.8 Å². The Bertz CT molecular complexity index is 552. The molecule has 98 valence electrons. The first-order valence-corrected chi connectivity index (χ1v) is 6.76. The molecule has 0 unspecified atom stereocenters. The molecule has 1 N–H and O–H groups in total. The minimum absolute atomic E-state index is 0.263. The van der Waals surface area contributed by atoms with Gasteiger partial charge in [-0.2, -0.15) is 0 Å². The molecular weight excluding hydrogens is 222 g/mol. The van der Waals surface area contributed by atoms with Crippen molar-refractivity contribution in [3.05, 3.63) is 35.0 Å². The Morgan fingerprint density at radius 2 is 1.94 bits per heavy atom. The predicted octanol–water partition coefficient (Wildman–Crippen LogP) is 3.76. The molecule has 0 saturated carbocycles. The van der Waals surface area contributed by atoms with Crippen LogP contribution in [0.3, 0.4) is 0 Å². The van der Waals surface area contributed by atoms with Gasteiger partial charge in [-0.15, -0.1) is 0 Å². The van der Waals surface area contributed by atoms with E-state index in [1.807, 2.05) is 0 Å². The fourth-order valence-corrected chi connectivity index (χ4v) is 2.73. The van der Waals surface area contributed by atoms with Crippen LogP contribution in [0.4, 0.5) is 0 Å². The van der Waals surface area contributed by atoms with Crippen molar-refractivity contribution in [1.29, 1.82) is 0 Å². The minimum Gasteiger partial charge on any atom is -0.396 e. The molecule has 2 rings (SSSR count). The lowest BCUT2D eigenvalue weighted by molar-refractivity contribution is 0.288. The summed E-state index contributed by atoms with van der Waals surface area (Å²) in [7, 11) is 0. The lowest BCUT2D eigenvalue weighted by atomic mass is 10.0. The number of nitrogens with zero attached hydrogens (tertiary/aromatic N) is 1. The molecular formula is C16H23NO. The normalized spacial score (nSPS) is 11.7. The zero-order valence-electron chi connectivity index (χ0n) is 11.8. The summed E-state index contributed by atoms with van der Waals surface area (Å²) < 4.78 is 2.36. The van der Waals surface area contributed by atoms with Crippen LogP contribution >= 0.6 is 0 Å². The van der Waals surface area contributed by atoms with Gasteiger partial charge in [0.05, 0.1) is 5.52 Å². The summed E-state index contributed by atoms with van der Waals surface area (Å²) >= 11 is 0. The summed E-state index contributed by atoms with van der Waals surface area (Å²) in [5.41, 5.74) is 5.36. The number of aliphatic hydroxyl groups excluding tert-OH is 1. The third-order valence-corrected chi connectivity index (χ3v) is 3.50. The SMILES string of the molecule is Cc1cc(C)c2c(c1)c(CCCO)cn2C(C)C. The van der Waals surface area contributed by atoms with Gasteiger partial charge in [0, 0.05) is 24.2 Å². The Labute approximate surface area is 109 Å². The molecule has 0 radical (unpaired) electrons. The predicted molar refractivity (Wildman–Crippen MR) is 77.2 cm³/mol. The van der Waals surface area contributed by atoms with Crippen molar-refractivity contribution in [2.75, 3.05) is 6.61 Å². The second-order valence-corrected chi connectivity index (χ2v) is 5.46. The van der Waals surface area contributed by atoms with E-state index < -0.39 is 0 Å². The van der Waals surface area contributed by atoms with Crippen LogP contribution in [0.5, 0.6) is 0 Å². The molecule has 0 amide bonds. The van der Waals surface area contributed by atoms with E-state index in [2.05, 4.69) is 50.6 Å². The highest BCUT2D eigenvalue weighted by atomic mass is 16.2. The summed E-state index contributed by atoms with van der Waals surface area (Å²) in [6.45, 7) is 9.03. The number of fused-ring (bicyclic) bond motifs is 1. The molecule has 2 nitrogen and oxygen atoms in total. The lowest BCUT2D eigenvalue weighted by Crippen LogP contribution is -1.99. The van der Waals surface area contributed by atoms with Gasteiger partial charge in [0.1, 0.15) is 0 Å². The molecule has 0 fully saturated rings. The third-order valence-electron chi connectivity index (χ3n) is 3.50. The van der Waals surface area contributed by atoms with Gasteiger partial charge in [-0.25, -0.2) is 0 Å². The van der Waals surface area contributed by atoms with Crippen LogP contribution in [0.15, 0.2) is 18.3 Å². The van der Waals surface area contributed by atoms with Crippen molar-refractivity contribution < 1.29 is 5.11 Å². The maximum absolute atomic E-state index is 9.02. The topological polar surface area (TPSA) is 25.2 Å². The summed E-state index contributed by atoms with van der Waals surface area (Å²) in [6.07, 6.45) is 4.05. The van der Waals surface area contributed by atoms with Crippen molar-refractivity contribution >= 4 is 10.9 Å². The van der Waals surface area contributed by atoms with Crippen molar-refractivity contribution in [3.63, 3.8) is 0 Å². The molecule has 1 aromatic carbocycles. The Morgan fingerprint density at radius 1 is 1.22 bits per heavy atom. The van der Waals surface area contributed by atoms with E-state index in [4.69, 9.17) is 5.11 Å². The number of rotatable bonds is 4. The highest BCUT2D eigenvalue weighted by molar-refractivity contribution is 5.87. The van der Waals surface area contributed by atoms with E-state index in [1.165, 1.54) is 27.6 Å². The van der Waals surface area contributed by atoms with E-state index in [1.54, 1.807) is 0 Å². The Hall–Kier alpha value is -1.28. The van der Waals surface area contributed by atoms with E-state index in [9.17, 15) is 0 Å². The Balaban J connectivity index is 2.64. The molecule has 2 heteroatoms. The Morgan fingerprint density at radius 3 is 2.56 bits per heavy atom. The summed E-state index contributed by atoms with van der Waals surface area (Å²) in [4.78, 5) is 0. The average Bonchev–Trinajstić information content (AvgIpc) is 2.65. The van der Waals surface area contributed by atoms with Crippen LogP contribution < -0.4 is 0 Å². The van der Waals surface area contributed by atoms with Crippen LogP contribution in [-0.4, -0.2) is 16.3 Å². The lowest BCUT2D eigenvalue weighted by Gasteiger charge is -2.11. The van der Waals surface area contributed by atoms with Gasteiger partial charge in [-0.05, 0) is 57.7 Å². The molecule has 18 heavy (non-hydrogen) atoms. The first-order valence-electron chi connectivity index (χ1n) is 6.76. The molecule has 1 heterocycles. The molecule has 0 aliphatic carbocycles. The van der Waals surface area contributed by atoms with Gasteiger partial charge in [0.2, 0.25) is 0 Å². The quantitative estimate of drug-likeness (QED) is 0.871. The van der Waals surface area contributed by atoms with Crippen LogP contribution in [0.1, 0.15) is 43.0 Å². The van der Waals surface area contributed by atoms with Gasteiger partial charge in [0.15, 0.2) is 0 Å². The third kappa shape index (κ3) is 2.30. The average molecular weight is 245 g/mol. The fraction of sp³-hybridized carbons (Fsp3) is 0.500. The largest absolute Gasteiger partial charge is 0.396 e. The summed E-state index contributed by atoms with van der Waals surface area (Å²) in [5.74, 6) is 0. The van der Waals surface area contributed by atoms with Crippen molar-refractivity contribution in [2.45, 2.75) is 46.6 Å². The molecule has 0 saturated heterocycles. The summed E-state index contributed by atoms with van der Waals surface area (Å²) in [5, 5.41) is 10.4. The molecule has 1 aromatic heterocycles. The van der Waals surface area contributed by atoms with Crippen LogP contribution in [0.25, 0.3) is 10.9 Å². The molecule has 0 atom stereocenters. The van der Waals surface area contributed by atoms with Crippen molar-refractivity contribution in [3.8, 4) is 0 Å². The number of hydrogen-bond donors (Lipinski definition) is 1. The van der Waals surface area contributed by atoms with Crippen LogP contribution in [0.2, 0.25) is 0 Å². The second-order valence-electron chi connectivity index (χ2n) is 5.46.